The molecule has 132 valence electrons. The third-order valence-electron chi connectivity index (χ3n) is 3.77. The summed E-state index contributed by atoms with van der Waals surface area (Å²) in [6.07, 6.45) is 12.3. The van der Waals surface area contributed by atoms with Crippen LogP contribution in [-0.2, 0) is 14.3 Å². The van der Waals surface area contributed by atoms with Crippen molar-refractivity contribution in [3.63, 3.8) is 0 Å². The zero-order valence-electron chi connectivity index (χ0n) is 13.8. The van der Waals surface area contributed by atoms with Gasteiger partial charge in [0.25, 0.3) is 10.1 Å². The van der Waals surface area contributed by atoms with Crippen molar-refractivity contribution in [3.8, 4) is 0 Å². The summed E-state index contributed by atoms with van der Waals surface area (Å²) < 4.78 is 28.8. The van der Waals surface area contributed by atoms with Crippen LogP contribution in [0.15, 0.2) is 35.2 Å². The van der Waals surface area contributed by atoms with Crippen molar-refractivity contribution in [2.24, 2.45) is 0 Å². The van der Waals surface area contributed by atoms with Crippen LogP contribution in [0.5, 0.6) is 0 Å². The fourth-order valence-electron chi connectivity index (χ4n) is 2.41. The van der Waals surface area contributed by atoms with Crippen LogP contribution in [0.25, 0.3) is 0 Å². The summed E-state index contributed by atoms with van der Waals surface area (Å²) in [4.78, 5) is 0.238. The monoisotopic (exact) mass is 444 g/mol. The van der Waals surface area contributed by atoms with Gasteiger partial charge in [0.1, 0.15) is 0 Å². The van der Waals surface area contributed by atoms with E-state index in [2.05, 4.69) is 6.92 Å². The van der Waals surface area contributed by atoms with E-state index in [-0.39, 0.29) is 37.3 Å². The first-order valence-corrected chi connectivity index (χ1v) is 10.0. The van der Waals surface area contributed by atoms with Gasteiger partial charge in [-0.25, -0.2) is 0 Å². The minimum atomic E-state index is -3.57. The first-order valence-electron chi connectivity index (χ1n) is 8.61. The van der Waals surface area contributed by atoms with Crippen molar-refractivity contribution in [2.45, 2.75) is 76.0 Å². The number of unbranched alkanes of at least 4 members (excludes halogenated alkanes) is 9. The molecule has 3 nitrogen and oxygen atoms in total. The summed E-state index contributed by atoms with van der Waals surface area (Å²) in [7, 11) is -3.57. The summed E-state index contributed by atoms with van der Waals surface area (Å²) in [5, 5.41) is 0. The van der Waals surface area contributed by atoms with Crippen molar-refractivity contribution in [1.29, 1.82) is 0 Å². The molecule has 0 fully saturated rings. The minimum absolute atomic E-state index is 0. The molecule has 0 heterocycles. The maximum absolute atomic E-state index is 11.9. The Bertz CT molecular complexity index is 474. The predicted octanol–water partition coefficient (Wildman–Crippen LogP) is 4.13. The summed E-state index contributed by atoms with van der Waals surface area (Å²) in [6, 6.07) is 8.33. The number of rotatable bonds is 13. The van der Waals surface area contributed by atoms with Crippen LogP contribution in [0.2, 0.25) is 0 Å². The average molecular weight is 444 g/mol. The van der Waals surface area contributed by atoms with Crippen molar-refractivity contribution in [2.75, 3.05) is 6.61 Å². The van der Waals surface area contributed by atoms with Gasteiger partial charge in [0.2, 0.25) is 0 Å². The summed E-state index contributed by atoms with van der Waals surface area (Å²) in [5.41, 5.74) is 0. The van der Waals surface area contributed by atoms with Crippen LogP contribution in [0.1, 0.15) is 71.1 Å². The number of benzene rings is 1. The van der Waals surface area contributed by atoms with Crippen LogP contribution in [0.4, 0.5) is 0 Å². The molecule has 0 spiro atoms. The van der Waals surface area contributed by atoms with Gasteiger partial charge in [0.05, 0.1) is 11.5 Å². The molecule has 1 aromatic rings. The van der Waals surface area contributed by atoms with Gasteiger partial charge < -0.3 is 0 Å². The Morgan fingerprint density at radius 1 is 0.783 bits per heavy atom. The fourth-order valence-corrected chi connectivity index (χ4v) is 3.38. The molecule has 0 atom stereocenters. The molecule has 0 saturated heterocycles. The summed E-state index contributed by atoms with van der Waals surface area (Å²) in [5.74, 6) is 0. The molecular weight excluding hydrogens is 411 g/mol. The molecule has 0 N–H and O–H groups in total. The Labute approximate surface area is 161 Å². The second-order valence-electron chi connectivity index (χ2n) is 5.77. The molecule has 0 aliphatic carbocycles. The average Bonchev–Trinajstić information content (AvgIpc) is 2.53. The zero-order valence-corrected chi connectivity index (χ0v) is 14.6. The maximum atomic E-state index is 11.9. The molecule has 0 aliphatic heterocycles. The SMILES string of the molecule is CCCCCCCCCCCCOS(=O)(=O)c1ccccc1.[InH3]. The Kier molecular flexibility index (Phi) is 14.4. The van der Waals surface area contributed by atoms with E-state index < -0.39 is 10.1 Å². The van der Waals surface area contributed by atoms with Gasteiger partial charge in [-0.15, -0.1) is 0 Å². The van der Waals surface area contributed by atoms with Crippen molar-refractivity contribution >= 4 is 36.0 Å². The van der Waals surface area contributed by atoms with E-state index in [0.29, 0.717) is 0 Å². The van der Waals surface area contributed by atoms with Crippen molar-refractivity contribution < 1.29 is 12.6 Å². The van der Waals surface area contributed by atoms with Crippen molar-refractivity contribution in [3.05, 3.63) is 30.3 Å². The van der Waals surface area contributed by atoms with E-state index >= 15 is 0 Å². The van der Waals surface area contributed by atoms with Gasteiger partial charge in [0, 0.05) is 0 Å². The second kappa shape index (κ2) is 14.4. The molecule has 0 amide bonds. The molecule has 1 rings (SSSR count). The number of hydrogen-bond acceptors (Lipinski definition) is 3. The topological polar surface area (TPSA) is 43.4 Å². The van der Waals surface area contributed by atoms with Crippen molar-refractivity contribution in [1.82, 2.24) is 0 Å². The van der Waals surface area contributed by atoms with Gasteiger partial charge in [-0.1, -0.05) is 82.9 Å². The fraction of sp³-hybridized carbons (Fsp3) is 0.667. The number of hydrogen-bond donors (Lipinski definition) is 0. The summed E-state index contributed by atoms with van der Waals surface area (Å²) in [6.45, 7) is 2.52. The zero-order chi connectivity index (χ0) is 16.1. The standard InChI is InChI=1S/C18H30O3S.In.3H/c1-2-3-4-5-6-7-8-9-10-14-17-21-22(19,20)18-15-12-11-13-16-18;;;;/h11-13,15-16H,2-10,14,17H2,1H3;;;;. The van der Waals surface area contributed by atoms with Crippen LogP contribution in [0.3, 0.4) is 0 Å². The Hall–Kier alpha value is 0.000130. The van der Waals surface area contributed by atoms with Crippen LogP contribution >= 0.6 is 0 Å². The van der Waals surface area contributed by atoms with Gasteiger partial charge in [-0.05, 0) is 18.6 Å². The first-order chi connectivity index (χ1) is 10.7. The van der Waals surface area contributed by atoms with Crippen LogP contribution < -0.4 is 0 Å². The predicted molar refractivity (Wildman–Crippen MR) is 101 cm³/mol. The normalized spacial score (nSPS) is 11.2. The van der Waals surface area contributed by atoms with Gasteiger partial charge in [-0.3, -0.25) is 4.18 Å². The molecule has 5 heteroatoms. The van der Waals surface area contributed by atoms with Crippen LogP contribution in [0, 0.1) is 0 Å². The van der Waals surface area contributed by atoms with E-state index in [0.717, 1.165) is 12.8 Å². The Morgan fingerprint density at radius 2 is 1.26 bits per heavy atom. The molecule has 0 bridgehead atoms. The van der Waals surface area contributed by atoms with E-state index in [9.17, 15) is 8.42 Å². The van der Waals surface area contributed by atoms with Crippen LogP contribution in [-0.4, -0.2) is 40.9 Å². The quantitative estimate of drug-likeness (QED) is 0.340. The molecule has 23 heavy (non-hydrogen) atoms. The molecular formula is C18H33InO3S. The molecule has 1 aromatic carbocycles. The molecule has 0 aliphatic rings. The third-order valence-corrected chi connectivity index (χ3v) is 5.09. The second-order valence-corrected chi connectivity index (χ2v) is 7.39. The Morgan fingerprint density at radius 3 is 1.78 bits per heavy atom. The van der Waals surface area contributed by atoms with E-state index in [4.69, 9.17) is 4.18 Å². The van der Waals surface area contributed by atoms with Gasteiger partial charge >= 0.3 is 25.8 Å². The molecule has 0 radical (unpaired) electrons. The van der Waals surface area contributed by atoms with Gasteiger partial charge in [-0.2, -0.15) is 8.42 Å². The molecule has 0 aromatic heterocycles. The molecule has 0 saturated carbocycles. The van der Waals surface area contributed by atoms with E-state index in [1.165, 1.54) is 51.4 Å². The Balaban J connectivity index is 0.00000484. The molecule has 0 unspecified atom stereocenters. The van der Waals surface area contributed by atoms with Gasteiger partial charge in [0.15, 0.2) is 0 Å². The third kappa shape index (κ3) is 11.2. The first kappa shape index (κ1) is 23.0. The van der Waals surface area contributed by atoms with E-state index in [1.807, 2.05) is 0 Å². The summed E-state index contributed by atoms with van der Waals surface area (Å²) >= 11 is 0. The van der Waals surface area contributed by atoms with E-state index in [1.54, 1.807) is 30.3 Å².